The number of carbonyl (C=O) groups is 1. The van der Waals surface area contributed by atoms with Crippen LogP contribution in [0.5, 0.6) is 0 Å². The Hall–Kier alpha value is -0.970. The number of aromatic amines is 1. The number of nitrogens with zero attached hydrogens (tertiary/aromatic N) is 1. The van der Waals surface area contributed by atoms with Gasteiger partial charge in [-0.3, -0.25) is 9.89 Å². The summed E-state index contributed by atoms with van der Waals surface area (Å²) in [6.45, 7) is 0. The van der Waals surface area contributed by atoms with E-state index in [-0.39, 0.29) is 5.91 Å². The van der Waals surface area contributed by atoms with Crippen LogP contribution in [0.25, 0.3) is 0 Å². The summed E-state index contributed by atoms with van der Waals surface area (Å²) < 4.78 is 0. The molecule has 3 rings (SSSR count). The van der Waals surface area contributed by atoms with Crippen molar-refractivity contribution in [2.24, 2.45) is 5.92 Å². The van der Waals surface area contributed by atoms with E-state index in [1.54, 1.807) is 11.8 Å². The van der Waals surface area contributed by atoms with Gasteiger partial charge in [0.1, 0.15) is 5.82 Å². The molecule has 0 unspecified atom stereocenters. The molecule has 0 bridgehead atoms. The van der Waals surface area contributed by atoms with E-state index in [1.165, 1.54) is 37.7 Å². The summed E-state index contributed by atoms with van der Waals surface area (Å²) in [6.07, 6.45) is 8.48. The number of fused-ring (bicyclic) bond motifs is 1. The third kappa shape index (κ3) is 2.20. The summed E-state index contributed by atoms with van der Waals surface area (Å²) in [6, 6.07) is 0. The van der Waals surface area contributed by atoms with E-state index in [2.05, 4.69) is 15.5 Å². The molecule has 5 heteroatoms. The van der Waals surface area contributed by atoms with Crippen LogP contribution in [0, 0.1) is 5.92 Å². The van der Waals surface area contributed by atoms with Gasteiger partial charge in [-0.15, -0.1) is 11.8 Å². The van der Waals surface area contributed by atoms with Gasteiger partial charge in [-0.2, -0.15) is 5.10 Å². The van der Waals surface area contributed by atoms with Crippen LogP contribution in [0.2, 0.25) is 0 Å². The number of amides is 1. The number of hydrogen-bond donors (Lipinski definition) is 2. The van der Waals surface area contributed by atoms with Gasteiger partial charge in [0.25, 0.3) is 0 Å². The highest BCUT2D eigenvalue weighted by molar-refractivity contribution is 8.00. The smallest absolute Gasteiger partial charge is 0.235 e. The third-order valence-corrected chi connectivity index (χ3v) is 5.14. The molecule has 2 N–H and O–H groups in total. The lowest BCUT2D eigenvalue weighted by molar-refractivity contribution is -0.113. The fraction of sp³-hybridized carbons (Fsp3) is 0.667. The molecule has 0 radical (unpaired) electrons. The molecule has 2 aliphatic rings. The van der Waals surface area contributed by atoms with Crippen molar-refractivity contribution in [1.82, 2.24) is 10.2 Å². The average Bonchev–Trinajstić information content (AvgIpc) is 2.73. The fourth-order valence-electron chi connectivity index (χ4n) is 2.87. The Kier molecular flexibility index (Phi) is 3.09. The first-order valence-electron chi connectivity index (χ1n) is 6.29. The zero-order chi connectivity index (χ0) is 11.7. The van der Waals surface area contributed by atoms with Gasteiger partial charge in [0, 0.05) is 10.8 Å². The third-order valence-electron chi connectivity index (χ3n) is 3.71. The Morgan fingerprint density at radius 1 is 1.29 bits per heavy atom. The van der Waals surface area contributed by atoms with E-state index >= 15 is 0 Å². The van der Waals surface area contributed by atoms with Gasteiger partial charge in [0.15, 0.2) is 0 Å². The van der Waals surface area contributed by atoms with Crippen molar-refractivity contribution in [3.63, 3.8) is 0 Å². The quantitative estimate of drug-likeness (QED) is 0.807. The van der Waals surface area contributed by atoms with Crippen LogP contribution in [0.15, 0.2) is 6.20 Å². The molecular weight excluding hydrogens is 234 g/mol. The van der Waals surface area contributed by atoms with Crippen LogP contribution in [-0.2, 0) is 4.79 Å². The molecule has 92 valence electrons. The Bertz CT molecular complexity index is 412. The predicted octanol–water partition coefficient (Wildman–Crippen LogP) is 2.72. The normalized spacial score (nSPS) is 26.1. The SMILES string of the molecule is O=C1CS[C@H](C2CCCCC2)c2cn[nH]c2N1. The summed E-state index contributed by atoms with van der Waals surface area (Å²) >= 11 is 1.77. The molecule has 4 nitrogen and oxygen atoms in total. The van der Waals surface area contributed by atoms with Crippen molar-refractivity contribution in [1.29, 1.82) is 0 Å². The van der Waals surface area contributed by atoms with E-state index < -0.39 is 0 Å². The summed E-state index contributed by atoms with van der Waals surface area (Å²) in [5, 5.41) is 10.3. The fourth-order valence-corrected chi connectivity index (χ4v) is 4.17. The Labute approximate surface area is 105 Å². The highest BCUT2D eigenvalue weighted by atomic mass is 32.2. The molecule has 0 spiro atoms. The predicted molar refractivity (Wildman–Crippen MR) is 69.0 cm³/mol. The second kappa shape index (κ2) is 4.72. The molecule has 0 saturated heterocycles. The second-order valence-corrected chi connectivity index (χ2v) is 6.01. The lowest BCUT2D eigenvalue weighted by atomic mass is 9.85. The Balaban J connectivity index is 1.87. The van der Waals surface area contributed by atoms with Crippen molar-refractivity contribution in [2.75, 3.05) is 11.1 Å². The lowest BCUT2D eigenvalue weighted by Gasteiger charge is -2.28. The van der Waals surface area contributed by atoms with Crippen molar-refractivity contribution >= 4 is 23.5 Å². The number of hydrogen-bond acceptors (Lipinski definition) is 3. The number of H-pyrrole nitrogens is 1. The first-order chi connectivity index (χ1) is 8.34. The number of carbonyl (C=O) groups excluding carboxylic acids is 1. The van der Waals surface area contributed by atoms with E-state index in [0.717, 1.165) is 5.82 Å². The van der Waals surface area contributed by atoms with Crippen LogP contribution in [0.1, 0.15) is 42.9 Å². The largest absolute Gasteiger partial charge is 0.310 e. The molecule has 1 aliphatic heterocycles. The highest BCUT2D eigenvalue weighted by Crippen LogP contribution is 2.46. The monoisotopic (exact) mass is 251 g/mol. The zero-order valence-corrected chi connectivity index (χ0v) is 10.6. The van der Waals surface area contributed by atoms with Crippen LogP contribution in [-0.4, -0.2) is 21.9 Å². The minimum absolute atomic E-state index is 0.0822. The first kappa shape index (κ1) is 11.1. The van der Waals surface area contributed by atoms with Crippen LogP contribution < -0.4 is 5.32 Å². The second-order valence-electron chi connectivity index (χ2n) is 4.88. The molecule has 0 aromatic carbocycles. The molecule has 1 amide bonds. The number of nitrogens with one attached hydrogen (secondary N) is 2. The maximum absolute atomic E-state index is 11.6. The van der Waals surface area contributed by atoms with Crippen LogP contribution >= 0.6 is 11.8 Å². The summed E-state index contributed by atoms with van der Waals surface area (Å²) in [5.41, 5.74) is 1.19. The molecule has 1 fully saturated rings. The first-order valence-corrected chi connectivity index (χ1v) is 7.34. The topological polar surface area (TPSA) is 57.8 Å². The number of aromatic nitrogens is 2. The van der Waals surface area contributed by atoms with Gasteiger partial charge in [0.2, 0.25) is 5.91 Å². The van der Waals surface area contributed by atoms with Crippen LogP contribution in [0.3, 0.4) is 0 Å². The van der Waals surface area contributed by atoms with Crippen LogP contribution in [0.4, 0.5) is 5.82 Å². The molecule has 1 aliphatic carbocycles. The van der Waals surface area contributed by atoms with Crippen molar-refractivity contribution in [2.45, 2.75) is 37.4 Å². The van der Waals surface area contributed by atoms with Crippen molar-refractivity contribution in [3.8, 4) is 0 Å². The van der Waals surface area contributed by atoms with Gasteiger partial charge in [-0.05, 0) is 18.8 Å². The number of anilines is 1. The standard InChI is InChI=1S/C12H17N3OS/c16-10-7-17-11(8-4-2-1-3-5-8)9-6-13-15-12(9)14-10/h6,8,11H,1-5,7H2,(H2,13,14,15,16)/t11-/m1/s1. The minimum atomic E-state index is 0.0822. The summed E-state index contributed by atoms with van der Waals surface area (Å²) in [7, 11) is 0. The van der Waals surface area contributed by atoms with Gasteiger partial charge in [-0.1, -0.05) is 19.3 Å². The molecule has 2 heterocycles. The van der Waals surface area contributed by atoms with Gasteiger partial charge in [-0.25, -0.2) is 0 Å². The maximum atomic E-state index is 11.6. The van der Waals surface area contributed by atoms with Crippen molar-refractivity contribution < 1.29 is 4.79 Å². The zero-order valence-electron chi connectivity index (χ0n) is 9.74. The maximum Gasteiger partial charge on any atom is 0.235 e. The summed E-state index contributed by atoms with van der Waals surface area (Å²) in [4.78, 5) is 11.6. The van der Waals surface area contributed by atoms with Gasteiger partial charge < -0.3 is 5.32 Å². The van der Waals surface area contributed by atoms with E-state index in [1.807, 2.05) is 6.20 Å². The summed E-state index contributed by atoms with van der Waals surface area (Å²) in [5.74, 6) is 2.16. The van der Waals surface area contributed by atoms with Crippen molar-refractivity contribution in [3.05, 3.63) is 11.8 Å². The van der Waals surface area contributed by atoms with Gasteiger partial charge in [0.05, 0.1) is 11.9 Å². The highest BCUT2D eigenvalue weighted by Gasteiger charge is 2.31. The molecule has 1 saturated carbocycles. The molecular formula is C12H17N3OS. The molecule has 1 atom stereocenters. The Morgan fingerprint density at radius 2 is 2.12 bits per heavy atom. The average molecular weight is 251 g/mol. The molecule has 17 heavy (non-hydrogen) atoms. The Morgan fingerprint density at radius 3 is 2.94 bits per heavy atom. The van der Waals surface area contributed by atoms with Gasteiger partial charge >= 0.3 is 0 Å². The lowest BCUT2D eigenvalue weighted by Crippen LogP contribution is -2.14. The number of rotatable bonds is 1. The molecule has 1 aromatic rings. The number of thioether (sulfide) groups is 1. The van der Waals surface area contributed by atoms with E-state index in [9.17, 15) is 4.79 Å². The minimum Gasteiger partial charge on any atom is -0.310 e. The van der Waals surface area contributed by atoms with E-state index in [4.69, 9.17) is 0 Å². The van der Waals surface area contributed by atoms with E-state index in [0.29, 0.717) is 16.9 Å². The molecule has 1 aromatic heterocycles.